The van der Waals surface area contributed by atoms with Crippen molar-refractivity contribution in [3.63, 3.8) is 0 Å². The van der Waals surface area contributed by atoms with Crippen LogP contribution in [0.2, 0.25) is 0 Å². The van der Waals surface area contributed by atoms with Gasteiger partial charge in [-0.05, 0) is 48.3 Å². The minimum atomic E-state index is 0.630. The van der Waals surface area contributed by atoms with E-state index in [0.717, 1.165) is 18.4 Å². The molecule has 0 heterocycles. The molecule has 1 aliphatic rings. The molecule has 2 atom stereocenters. The lowest BCUT2D eigenvalue weighted by Gasteiger charge is -2.26. The van der Waals surface area contributed by atoms with Crippen LogP contribution in [-0.4, -0.2) is 6.54 Å². The lowest BCUT2D eigenvalue weighted by molar-refractivity contribution is 0.274. The van der Waals surface area contributed by atoms with Gasteiger partial charge >= 0.3 is 0 Å². The molecule has 1 heteroatoms. The van der Waals surface area contributed by atoms with Gasteiger partial charge in [0, 0.05) is 6.54 Å². The molecule has 1 aliphatic carbocycles. The van der Waals surface area contributed by atoms with Crippen molar-refractivity contribution in [2.24, 2.45) is 11.8 Å². The standard InChI is InChI=1S/C18H29N/c1-14(2)18-9-7-16(8-10-18)12-19-13-17-6-4-5-15(3)11-17/h7-10,14-15,17,19H,4-6,11-13H2,1-3H3. The molecule has 0 bridgehead atoms. The molecule has 1 aromatic carbocycles. The van der Waals surface area contributed by atoms with Crippen LogP contribution < -0.4 is 5.32 Å². The molecule has 2 rings (SSSR count). The van der Waals surface area contributed by atoms with Crippen molar-refractivity contribution < 1.29 is 0 Å². The minimum absolute atomic E-state index is 0.630. The van der Waals surface area contributed by atoms with E-state index >= 15 is 0 Å². The predicted octanol–water partition coefficient (Wildman–Crippen LogP) is 4.73. The van der Waals surface area contributed by atoms with E-state index in [4.69, 9.17) is 0 Å². The van der Waals surface area contributed by atoms with Crippen molar-refractivity contribution in [3.05, 3.63) is 35.4 Å². The van der Waals surface area contributed by atoms with E-state index in [2.05, 4.69) is 50.4 Å². The van der Waals surface area contributed by atoms with Crippen LogP contribution >= 0.6 is 0 Å². The third-order valence-electron chi connectivity index (χ3n) is 4.45. The van der Waals surface area contributed by atoms with Gasteiger partial charge in [-0.3, -0.25) is 0 Å². The van der Waals surface area contributed by atoms with Crippen LogP contribution in [0.3, 0.4) is 0 Å². The SMILES string of the molecule is CC1CCCC(CNCc2ccc(C(C)C)cc2)C1. The van der Waals surface area contributed by atoms with Crippen molar-refractivity contribution in [1.82, 2.24) is 5.32 Å². The van der Waals surface area contributed by atoms with Crippen LogP contribution in [0.15, 0.2) is 24.3 Å². The highest BCUT2D eigenvalue weighted by Gasteiger charge is 2.18. The normalized spacial score (nSPS) is 23.8. The van der Waals surface area contributed by atoms with Crippen LogP contribution in [0.25, 0.3) is 0 Å². The highest BCUT2D eigenvalue weighted by atomic mass is 14.9. The zero-order chi connectivity index (χ0) is 13.7. The van der Waals surface area contributed by atoms with Gasteiger partial charge in [0.15, 0.2) is 0 Å². The maximum atomic E-state index is 3.64. The molecule has 19 heavy (non-hydrogen) atoms. The van der Waals surface area contributed by atoms with Crippen LogP contribution in [0.4, 0.5) is 0 Å². The van der Waals surface area contributed by atoms with Gasteiger partial charge in [-0.1, -0.05) is 57.9 Å². The van der Waals surface area contributed by atoms with Gasteiger partial charge in [0.05, 0.1) is 0 Å². The fourth-order valence-electron chi connectivity index (χ4n) is 3.19. The fraction of sp³-hybridized carbons (Fsp3) is 0.667. The summed E-state index contributed by atoms with van der Waals surface area (Å²) < 4.78 is 0. The van der Waals surface area contributed by atoms with E-state index in [1.165, 1.54) is 43.4 Å². The first-order valence-corrected chi connectivity index (χ1v) is 7.94. The lowest BCUT2D eigenvalue weighted by atomic mass is 9.82. The first kappa shape index (κ1) is 14.6. The molecule has 1 aromatic rings. The Hall–Kier alpha value is -0.820. The molecule has 0 aliphatic heterocycles. The Morgan fingerprint density at radius 1 is 1.16 bits per heavy atom. The zero-order valence-electron chi connectivity index (χ0n) is 12.8. The van der Waals surface area contributed by atoms with Gasteiger partial charge in [-0.2, -0.15) is 0 Å². The van der Waals surface area contributed by atoms with E-state index in [1.54, 1.807) is 0 Å². The molecule has 1 saturated carbocycles. The van der Waals surface area contributed by atoms with Crippen molar-refractivity contribution in [2.45, 2.75) is 58.9 Å². The Kier molecular flexibility index (Phi) is 5.45. The van der Waals surface area contributed by atoms with Gasteiger partial charge in [0.2, 0.25) is 0 Å². The van der Waals surface area contributed by atoms with Crippen LogP contribution in [0.5, 0.6) is 0 Å². The molecule has 0 saturated heterocycles. The largest absolute Gasteiger partial charge is 0.312 e. The van der Waals surface area contributed by atoms with E-state index < -0.39 is 0 Å². The zero-order valence-corrected chi connectivity index (χ0v) is 12.8. The highest BCUT2D eigenvalue weighted by molar-refractivity contribution is 5.24. The Bertz CT molecular complexity index is 366. The molecular formula is C18H29N. The van der Waals surface area contributed by atoms with Gasteiger partial charge in [0.1, 0.15) is 0 Å². The molecule has 0 amide bonds. The molecule has 106 valence electrons. The quantitative estimate of drug-likeness (QED) is 0.806. The molecule has 1 N–H and O–H groups in total. The summed E-state index contributed by atoms with van der Waals surface area (Å²) >= 11 is 0. The summed E-state index contributed by atoms with van der Waals surface area (Å²) in [6.45, 7) is 9.10. The predicted molar refractivity (Wildman–Crippen MR) is 83.4 cm³/mol. The molecular weight excluding hydrogens is 230 g/mol. The summed E-state index contributed by atoms with van der Waals surface area (Å²) in [6.07, 6.45) is 5.70. The van der Waals surface area contributed by atoms with Crippen LogP contribution in [0.1, 0.15) is 63.5 Å². The summed E-state index contributed by atoms with van der Waals surface area (Å²) in [7, 11) is 0. The molecule has 2 unspecified atom stereocenters. The van der Waals surface area contributed by atoms with Gasteiger partial charge in [-0.15, -0.1) is 0 Å². The Balaban J connectivity index is 1.73. The smallest absolute Gasteiger partial charge is 0.0205 e. The second kappa shape index (κ2) is 7.09. The number of hydrogen-bond acceptors (Lipinski definition) is 1. The maximum absolute atomic E-state index is 3.64. The second-order valence-electron chi connectivity index (χ2n) is 6.66. The number of rotatable bonds is 5. The summed E-state index contributed by atoms with van der Waals surface area (Å²) in [5.74, 6) is 2.47. The monoisotopic (exact) mass is 259 g/mol. The van der Waals surface area contributed by atoms with E-state index in [0.29, 0.717) is 5.92 Å². The molecule has 0 aromatic heterocycles. The second-order valence-corrected chi connectivity index (χ2v) is 6.66. The maximum Gasteiger partial charge on any atom is 0.0205 e. The summed E-state index contributed by atoms with van der Waals surface area (Å²) in [5.41, 5.74) is 2.85. The number of hydrogen-bond donors (Lipinski definition) is 1. The van der Waals surface area contributed by atoms with E-state index in [9.17, 15) is 0 Å². The first-order valence-electron chi connectivity index (χ1n) is 7.94. The molecule has 0 radical (unpaired) electrons. The number of benzene rings is 1. The Morgan fingerprint density at radius 3 is 2.53 bits per heavy atom. The van der Waals surface area contributed by atoms with E-state index in [1.807, 2.05) is 0 Å². The first-order chi connectivity index (χ1) is 9.15. The molecule has 1 fully saturated rings. The summed E-state index contributed by atoms with van der Waals surface area (Å²) in [5, 5.41) is 3.64. The summed E-state index contributed by atoms with van der Waals surface area (Å²) in [6, 6.07) is 9.08. The average molecular weight is 259 g/mol. The van der Waals surface area contributed by atoms with Gasteiger partial charge in [-0.25, -0.2) is 0 Å². The highest BCUT2D eigenvalue weighted by Crippen LogP contribution is 2.27. The van der Waals surface area contributed by atoms with Crippen molar-refractivity contribution in [3.8, 4) is 0 Å². The molecule has 0 spiro atoms. The van der Waals surface area contributed by atoms with Crippen molar-refractivity contribution in [2.75, 3.05) is 6.54 Å². The van der Waals surface area contributed by atoms with E-state index in [-0.39, 0.29) is 0 Å². The minimum Gasteiger partial charge on any atom is -0.312 e. The van der Waals surface area contributed by atoms with Crippen LogP contribution in [-0.2, 0) is 6.54 Å². The topological polar surface area (TPSA) is 12.0 Å². The Morgan fingerprint density at radius 2 is 1.89 bits per heavy atom. The van der Waals surface area contributed by atoms with Gasteiger partial charge < -0.3 is 5.32 Å². The third kappa shape index (κ3) is 4.65. The Labute approximate surface area is 118 Å². The lowest BCUT2D eigenvalue weighted by Crippen LogP contribution is -2.26. The molecule has 1 nitrogen and oxygen atoms in total. The average Bonchev–Trinajstić information content (AvgIpc) is 2.39. The number of nitrogens with one attached hydrogen (secondary N) is 1. The van der Waals surface area contributed by atoms with Gasteiger partial charge in [0.25, 0.3) is 0 Å². The summed E-state index contributed by atoms with van der Waals surface area (Å²) in [4.78, 5) is 0. The fourth-order valence-corrected chi connectivity index (χ4v) is 3.19. The van der Waals surface area contributed by atoms with Crippen LogP contribution in [0, 0.1) is 11.8 Å². The third-order valence-corrected chi connectivity index (χ3v) is 4.45. The van der Waals surface area contributed by atoms with Crippen molar-refractivity contribution in [1.29, 1.82) is 0 Å². The van der Waals surface area contributed by atoms with Crippen molar-refractivity contribution >= 4 is 0 Å².